The van der Waals surface area contributed by atoms with Crippen LogP contribution in [-0.2, 0) is 0 Å². The van der Waals surface area contributed by atoms with Crippen LogP contribution in [-0.4, -0.2) is 10.6 Å². The Balaban J connectivity index is 2.91. The normalized spacial score (nSPS) is 11.2. The highest BCUT2D eigenvalue weighted by atomic mass is 16.5. The molecule has 0 radical (unpaired) electrons. The first-order valence-corrected chi connectivity index (χ1v) is 3.86. The summed E-state index contributed by atoms with van der Waals surface area (Å²) < 4.78 is 5.39. The van der Waals surface area contributed by atoms with Crippen molar-refractivity contribution in [2.24, 2.45) is 0 Å². The number of nitrogens with one attached hydrogen (secondary N) is 1. The van der Waals surface area contributed by atoms with Crippen molar-refractivity contribution in [3.63, 3.8) is 0 Å². The van der Waals surface area contributed by atoms with Gasteiger partial charge in [0.15, 0.2) is 5.75 Å². The lowest BCUT2D eigenvalue weighted by molar-refractivity contribution is 0.128. The molecule has 3 heteroatoms. The predicted octanol–water partition coefficient (Wildman–Crippen LogP) is 1.55. The van der Waals surface area contributed by atoms with E-state index >= 15 is 0 Å². The van der Waals surface area contributed by atoms with E-state index in [-0.39, 0.29) is 11.2 Å². The number of aromatic amines is 1. The van der Waals surface area contributed by atoms with Gasteiger partial charge < -0.3 is 9.72 Å². The zero-order chi connectivity index (χ0) is 9.19. The Hall–Kier alpha value is -1.25. The Bertz CT molecular complexity index is 309. The molecule has 3 nitrogen and oxygen atoms in total. The maximum absolute atomic E-state index is 11.1. The molecule has 66 valence electrons. The number of rotatable bonds is 1. The fraction of sp³-hybridized carbons (Fsp3) is 0.444. The quantitative estimate of drug-likeness (QED) is 0.689. The summed E-state index contributed by atoms with van der Waals surface area (Å²) in [6.45, 7) is 5.71. The number of hydrogen-bond donors (Lipinski definition) is 1. The van der Waals surface area contributed by atoms with Gasteiger partial charge in [-0.2, -0.15) is 0 Å². The zero-order valence-corrected chi connectivity index (χ0v) is 7.55. The molecule has 0 saturated heterocycles. The van der Waals surface area contributed by atoms with E-state index < -0.39 is 0 Å². The summed E-state index contributed by atoms with van der Waals surface area (Å²) in [7, 11) is 0. The van der Waals surface area contributed by atoms with E-state index in [9.17, 15) is 4.79 Å². The van der Waals surface area contributed by atoms with Crippen LogP contribution < -0.4 is 10.3 Å². The Kier molecular flexibility index (Phi) is 2.22. The first kappa shape index (κ1) is 8.84. The molecule has 0 fully saturated rings. The molecule has 0 aliphatic rings. The van der Waals surface area contributed by atoms with Crippen molar-refractivity contribution in [2.75, 3.05) is 0 Å². The van der Waals surface area contributed by atoms with Crippen molar-refractivity contribution in [3.05, 3.63) is 28.7 Å². The van der Waals surface area contributed by atoms with Gasteiger partial charge in [-0.05, 0) is 32.9 Å². The molecular weight excluding hydrogens is 154 g/mol. The summed E-state index contributed by atoms with van der Waals surface area (Å²) in [5.74, 6) is 0.366. The van der Waals surface area contributed by atoms with Crippen molar-refractivity contribution in [1.82, 2.24) is 4.98 Å². The molecule has 1 rings (SSSR count). The van der Waals surface area contributed by atoms with Crippen LogP contribution in [0.1, 0.15) is 20.8 Å². The zero-order valence-electron chi connectivity index (χ0n) is 7.55. The summed E-state index contributed by atoms with van der Waals surface area (Å²) in [6, 6.07) is 3.40. The average molecular weight is 167 g/mol. The van der Waals surface area contributed by atoms with Gasteiger partial charge in [-0.15, -0.1) is 0 Å². The van der Waals surface area contributed by atoms with Gasteiger partial charge in [-0.25, -0.2) is 0 Å². The molecule has 0 amide bonds. The molecule has 1 aromatic heterocycles. The van der Waals surface area contributed by atoms with Gasteiger partial charge in [0.05, 0.1) is 0 Å². The molecule has 0 atom stereocenters. The van der Waals surface area contributed by atoms with Gasteiger partial charge in [0.25, 0.3) is 5.56 Å². The Morgan fingerprint density at radius 3 is 2.58 bits per heavy atom. The molecular formula is C9H13NO2. The van der Waals surface area contributed by atoms with Crippen LogP contribution in [0.15, 0.2) is 23.1 Å². The average Bonchev–Trinajstić information content (AvgIpc) is 1.91. The predicted molar refractivity (Wildman–Crippen MR) is 47.4 cm³/mol. The molecule has 0 aliphatic carbocycles. The Morgan fingerprint density at radius 1 is 1.42 bits per heavy atom. The van der Waals surface area contributed by atoms with Crippen LogP contribution >= 0.6 is 0 Å². The second-order valence-electron chi connectivity index (χ2n) is 3.58. The third kappa shape index (κ3) is 2.42. The molecule has 12 heavy (non-hydrogen) atoms. The summed E-state index contributed by atoms with van der Waals surface area (Å²) in [6.07, 6.45) is 1.58. The number of hydrogen-bond acceptors (Lipinski definition) is 2. The summed E-state index contributed by atoms with van der Waals surface area (Å²) in [5, 5.41) is 0. The Morgan fingerprint density at radius 2 is 2.08 bits per heavy atom. The lowest BCUT2D eigenvalue weighted by atomic mass is 10.2. The SMILES string of the molecule is CC(C)(C)Oc1ccc[nH]c1=O. The van der Waals surface area contributed by atoms with E-state index in [0.29, 0.717) is 5.75 Å². The van der Waals surface area contributed by atoms with Crippen LogP contribution in [0.25, 0.3) is 0 Å². The fourth-order valence-electron chi connectivity index (χ4n) is 0.816. The lowest BCUT2D eigenvalue weighted by Gasteiger charge is -2.19. The van der Waals surface area contributed by atoms with Gasteiger partial charge >= 0.3 is 0 Å². The van der Waals surface area contributed by atoms with E-state index in [4.69, 9.17) is 4.74 Å². The molecule has 0 spiro atoms. The van der Waals surface area contributed by atoms with Gasteiger partial charge in [-0.1, -0.05) is 0 Å². The summed E-state index contributed by atoms with van der Waals surface area (Å²) in [5.41, 5.74) is -0.513. The number of H-pyrrole nitrogens is 1. The molecule has 1 heterocycles. The van der Waals surface area contributed by atoms with Gasteiger partial charge in [0, 0.05) is 6.20 Å². The van der Waals surface area contributed by atoms with Crippen molar-refractivity contribution in [1.29, 1.82) is 0 Å². The van der Waals surface area contributed by atoms with E-state index in [1.807, 2.05) is 20.8 Å². The minimum absolute atomic E-state index is 0.188. The van der Waals surface area contributed by atoms with Crippen molar-refractivity contribution < 1.29 is 4.74 Å². The van der Waals surface area contributed by atoms with Crippen molar-refractivity contribution in [2.45, 2.75) is 26.4 Å². The second-order valence-corrected chi connectivity index (χ2v) is 3.58. The standard InChI is InChI=1S/C9H13NO2/c1-9(2,3)12-7-5-4-6-10-8(7)11/h4-6H,1-3H3,(H,10,11). The molecule has 0 aromatic carbocycles. The smallest absolute Gasteiger partial charge is 0.290 e. The van der Waals surface area contributed by atoms with Crippen LogP contribution in [0.5, 0.6) is 5.75 Å². The van der Waals surface area contributed by atoms with Crippen LogP contribution in [0.3, 0.4) is 0 Å². The van der Waals surface area contributed by atoms with Crippen LogP contribution in [0.4, 0.5) is 0 Å². The summed E-state index contributed by atoms with van der Waals surface area (Å²) >= 11 is 0. The topological polar surface area (TPSA) is 42.1 Å². The molecule has 1 N–H and O–H groups in total. The second kappa shape index (κ2) is 3.01. The van der Waals surface area contributed by atoms with Crippen molar-refractivity contribution in [3.8, 4) is 5.75 Å². The van der Waals surface area contributed by atoms with Crippen LogP contribution in [0, 0.1) is 0 Å². The van der Waals surface area contributed by atoms with Crippen molar-refractivity contribution >= 4 is 0 Å². The number of pyridine rings is 1. The fourth-order valence-corrected chi connectivity index (χ4v) is 0.816. The largest absolute Gasteiger partial charge is 0.482 e. The van der Waals surface area contributed by atoms with E-state index in [1.54, 1.807) is 18.3 Å². The molecule has 0 bridgehead atoms. The molecule has 0 aliphatic heterocycles. The molecule has 0 saturated carbocycles. The van der Waals surface area contributed by atoms with Gasteiger partial charge in [0.2, 0.25) is 0 Å². The molecule has 0 unspecified atom stereocenters. The first-order chi connectivity index (χ1) is 5.49. The first-order valence-electron chi connectivity index (χ1n) is 3.86. The van der Waals surface area contributed by atoms with E-state index in [0.717, 1.165) is 0 Å². The van der Waals surface area contributed by atoms with Gasteiger partial charge in [0.1, 0.15) is 5.60 Å². The highest BCUT2D eigenvalue weighted by Crippen LogP contribution is 2.11. The number of aromatic nitrogens is 1. The monoisotopic (exact) mass is 167 g/mol. The highest BCUT2D eigenvalue weighted by Gasteiger charge is 2.13. The van der Waals surface area contributed by atoms with E-state index in [2.05, 4.69) is 4.98 Å². The lowest BCUT2D eigenvalue weighted by Crippen LogP contribution is -2.26. The number of ether oxygens (including phenoxy) is 1. The maximum atomic E-state index is 11.1. The maximum Gasteiger partial charge on any atom is 0.290 e. The minimum Gasteiger partial charge on any atom is -0.482 e. The van der Waals surface area contributed by atoms with E-state index in [1.165, 1.54) is 0 Å². The summed E-state index contributed by atoms with van der Waals surface area (Å²) in [4.78, 5) is 13.7. The minimum atomic E-state index is -0.325. The third-order valence-electron chi connectivity index (χ3n) is 1.20. The Labute approximate surface area is 71.4 Å². The molecule has 1 aromatic rings. The van der Waals surface area contributed by atoms with Gasteiger partial charge in [-0.3, -0.25) is 4.79 Å². The third-order valence-corrected chi connectivity index (χ3v) is 1.20. The highest BCUT2D eigenvalue weighted by molar-refractivity contribution is 5.16. The van der Waals surface area contributed by atoms with Crippen LogP contribution in [0.2, 0.25) is 0 Å².